The molecule has 3 heteroatoms. The van der Waals surface area contributed by atoms with Crippen molar-refractivity contribution in [1.82, 2.24) is 0 Å². The number of unbranched alkanes of at least 4 members (excludes halogenated alkanes) is 14. The van der Waals surface area contributed by atoms with E-state index in [1.54, 1.807) is 0 Å². The molecule has 0 heterocycles. The summed E-state index contributed by atoms with van der Waals surface area (Å²) < 4.78 is 6.94. The number of carbonyl (C=O) groups excluding carboxylic acids is 1. The Hall–Kier alpha value is -2.44. The normalized spacial score (nSPS) is 12.5. The first-order chi connectivity index (χ1) is 20.2. The molecule has 0 saturated carbocycles. The third kappa shape index (κ3) is 9.02. The van der Waals surface area contributed by atoms with Gasteiger partial charge in [0.2, 0.25) is 0 Å². The van der Waals surface area contributed by atoms with Gasteiger partial charge in [-0.05, 0) is 0 Å². The van der Waals surface area contributed by atoms with Crippen molar-refractivity contribution in [1.29, 1.82) is 0 Å². The molecule has 41 heavy (non-hydrogen) atoms. The predicted octanol–water partition coefficient (Wildman–Crippen LogP) is 10.3. The van der Waals surface area contributed by atoms with E-state index in [0.717, 1.165) is 34.9 Å². The van der Waals surface area contributed by atoms with Gasteiger partial charge in [0.15, 0.2) is 0 Å². The number of carbonyl (C=O) groups is 1. The topological polar surface area (TPSA) is 26.3 Å². The van der Waals surface area contributed by atoms with E-state index in [9.17, 15) is 4.79 Å². The van der Waals surface area contributed by atoms with Crippen LogP contribution in [-0.2, 0) is 9.32 Å². The Bertz CT molecular complexity index is 997. The molecule has 0 aliphatic carbocycles. The molecule has 224 valence electrons. The summed E-state index contributed by atoms with van der Waals surface area (Å²) in [4.78, 5) is 13.7. The molecule has 3 aromatic rings. The Morgan fingerprint density at radius 1 is 0.488 bits per heavy atom. The standard InChI is InChI=1S/C38H55O2P/c1-3-5-6-7-8-9-10-11-12-13-14-15-16-17-27-34-38(39)40-41(4-2,35-28-21-18-22-29-35,36-30-23-19-24-31-36)37-32-25-20-26-33-37/h18-26,28-33H,3-17,27,34H2,1-2H3. The van der Waals surface area contributed by atoms with Crippen molar-refractivity contribution in [3.63, 3.8) is 0 Å². The predicted molar refractivity (Wildman–Crippen MR) is 181 cm³/mol. The maximum absolute atomic E-state index is 13.7. The maximum atomic E-state index is 13.7. The SMILES string of the molecule is CCCCCCCCCCCCCCCCCC(=O)OP(CC)(c1ccccc1)(c1ccccc1)c1ccccc1. The van der Waals surface area contributed by atoms with Crippen LogP contribution < -0.4 is 15.9 Å². The summed E-state index contributed by atoms with van der Waals surface area (Å²) in [5.41, 5.74) is 0. The third-order valence-electron chi connectivity index (χ3n) is 8.80. The number of hydrogen-bond acceptors (Lipinski definition) is 2. The van der Waals surface area contributed by atoms with Gasteiger partial charge in [-0.3, -0.25) is 0 Å². The second kappa shape index (κ2) is 18.2. The number of rotatable bonds is 21. The van der Waals surface area contributed by atoms with E-state index < -0.39 is 6.83 Å². The Morgan fingerprint density at radius 2 is 0.805 bits per heavy atom. The molecule has 0 aliphatic rings. The van der Waals surface area contributed by atoms with Crippen molar-refractivity contribution in [2.45, 2.75) is 117 Å². The van der Waals surface area contributed by atoms with E-state index in [4.69, 9.17) is 4.52 Å². The molecule has 0 aromatic heterocycles. The molecule has 0 spiro atoms. The molecular weight excluding hydrogens is 519 g/mol. The Balaban J connectivity index is 1.53. The van der Waals surface area contributed by atoms with Gasteiger partial charge >= 0.3 is 206 Å². The molecule has 0 fully saturated rings. The fourth-order valence-corrected chi connectivity index (χ4v) is 11.7. The quantitative estimate of drug-likeness (QED) is 0.0934. The van der Waals surface area contributed by atoms with Crippen molar-refractivity contribution in [2.75, 3.05) is 6.16 Å². The molecule has 0 aliphatic heterocycles. The van der Waals surface area contributed by atoms with Gasteiger partial charge in [-0.15, -0.1) is 0 Å². The van der Waals surface area contributed by atoms with Crippen molar-refractivity contribution < 1.29 is 9.32 Å². The second-order valence-corrected chi connectivity index (χ2v) is 16.5. The first kappa shape index (κ1) is 33.1. The zero-order chi connectivity index (χ0) is 29.1. The van der Waals surface area contributed by atoms with Crippen molar-refractivity contribution in [3.05, 3.63) is 91.0 Å². The van der Waals surface area contributed by atoms with E-state index in [2.05, 4.69) is 86.6 Å². The monoisotopic (exact) mass is 574 g/mol. The van der Waals surface area contributed by atoms with Crippen LogP contribution in [0.2, 0.25) is 0 Å². The fourth-order valence-electron chi connectivity index (χ4n) is 6.36. The molecular formula is C38H55O2P. The van der Waals surface area contributed by atoms with Crippen LogP contribution in [0.15, 0.2) is 91.0 Å². The Kier molecular flexibility index (Phi) is 14.7. The van der Waals surface area contributed by atoms with Crippen LogP contribution >= 0.6 is 6.83 Å². The van der Waals surface area contributed by atoms with Gasteiger partial charge in [0.05, 0.1) is 0 Å². The van der Waals surface area contributed by atoms with E-state index in [0.29, 0.717) is 6.42 Å². The summed E-state index contributed by atoms with van der Waals surface area (Å²) >= 11 is 0. The average molecular weight is 575 g/mol. The Labute approximate surface area is 251 Å². The molecule has 0 radical (unpaired) electrons. The van der Waals surface area contributed by atoms with Crippen molar-refractivity contribution in [2.24, 2.45) is 0 Å². The summed E-state index contributed by atoms with van der Waals surface area (Å²) in [6, 6.07) is 31.5. The third-order valence-corrected chi connectivity index (χ3v) is 14.8. The van der Waals surface area contributed by atoms with Gasteiger partial charge in [-0.1, -0.05) is 45.4 Å². The molecule has 0 amide bonds. The van der Waals surface area contributed by atoms with E-state index in [1.165, 1.54) is 83.5 Å². The van der Waals surface area contributed by atoms with Gasteiger partial charge in [0.1, 0.15) is 0 Å². The van der Waals surface area contributed by atoms with Gasteiger partial charge in [-0.2, -0.15) is 0 Å². The summed E-state index contributed by atoms with van der Waals surface area (Å²) in [6.45, 7) is 0.981. The van der Waals surface area contributed by atoms with Crippen molar-refractivity contribution >= 4 is 28.7 Å². The molecule has 3 aromatic carbocycles. The summed E-state index contributed by atoms with van der Waals surface area (Å²) in [6.07, 6.45) is 21.0. The fraction of sp³-hybridized carbons (Fsp3) is 0.500. The summed E-state index contributed by atoms with van der Waals surface area (Å²) in [7, 11) is 0. The molecule has 0 unspecified atom stereocenters. The van der Waals surface area contributed by atoms with Crippen LogP contribution in [0.25, 0.3) is 0 Å². The first-order valence-corrected chi connectivity index (χ1v) is 18.9. The molecule has 0 saturated heterocycles. The van der Waals surface area contributed by atoms with Crippen LogP contribution in [0.5, 0.6) is 0 Å². The van der Waals surface area contributed by atoms with Gasteiger partial charge in [0, 0.05) is 0 Å². The summed E-state index contributed by atoms with van der Waals surface area (Å²) in [5, 5.41) is 3.34. The van der Waals surface area contributed by atoms with Gasteiger partial charge in [-0.25, -0.2) is 0 Å². The first-order valence-electron chi connectivity index (χ1n) is 16.6. The van der Waals surface area contributed by atoms with Crippen LogP contribution in [0, 0.1) is 0 Å². The molecule has 2 nitrogen and oxygen atoms in total. The second-order valence-electron chi connectivity index (χ2n) is 11.7. The van der Waals surface area contributed by atoms with Gasteiger partial charge in [0.25, 0.3) is 0 Å². The molecule has 3 rings (SSSR count). The Morgan fingerprint density at radius 3 is 1.12 bits per heavy atom. The van der Waals surface area contributed by atoms with E-state index in [1.807, 2.05) is 18.2 Å². The van der Waals surface area contributed by atoms with Gasteiger partial charge < -0.3 is 0 Å². The van der Waals surface area contributed by atoms with E-state index >= 15 is 0 Å². The van der Waals surface area contributed by atoms with E-state index in [-0.39, 0.29) is 5.97 Å². The minimum absolute atomic E-state index is 0.0734. The molecule has 0 atom stereocenters. The van der Waals surface area contributed by atoms with Crippen LogP contribution in [0.3, 0.4) is 0 Å². The van der Waals surface area contributed by atoms with Crippen molar-refractivity contribution in [3.8, 4) is 0 Å². The van der Waals surface area contributed by atoms with Crippen LogP contribution in [0.1, 0.15) is 117 Å². The van der Waals surface area contributed by atoms with Crippen LogP contribution in [-0.4, -0.2) is 12.1 Å². The summed E-state index contributed by atoms with van der Waals surface area (Å²) in [5.74, 6) is -0.0734. The number of hydrogen-bond donors (Lipinski definition) is 0. The van der Waals surface area contributed by atoms with Crippen LogP contribution in [0.4, 0.5) is 0 Å². The number of benzene rings is 3. The molecule has 0 bridgehead atoms. The minimum atomic E-state index is -3.49. The zero-order valence-electron chi connectivity index (χ0n) is 25.9. The zero-order valence-corrected chi connectivity index (χ0v) is 26.8. The average Bonchev–Trinajstić information content (AvgIpc) is 3.03. The molecule has 0 N–H and O–H groups in total.